The second-order valence-electron chi connectivity index (χ2n) is 10.3. The molecule has 0 radical (unpaired) electrons. The van der Waals surface area contributed by atoms with Gasteiger partial charge in [-0.3, -0.25) is 19.3 Å². The maximum Gasteiger partial charge on any atom is 0.270 e. The minimum absolute atomic E-state index is 0.00490. The fourth-order valence-corrected chi connectivity index (χ4v) is 5.20. The standard InChI is InChI=1S/C27H30ClFN6O2/c1-14(2)35-21(10-11-31-35)26(36)34-24(23(16-4-5-16)17-6-7-17)27(37)33-22-9-8-19(25(29)32-22)20-12-18(28)13-30-15(20)3/h8-14,16-17,23-24H,4-7H2,1-3H3,(H,34,36)(H,32,33,37)/t24-/m0/s1. The number of hydrogen-bond donors (Lipinski definition) is 2. The average Bonchev–Trinajstić information content (AvgIpc) is 3.80. The van der Waals surface area contributed by atoms with E-state index in [1.165, 1.54) is 6.20 Å². The van der Waals surface area contributed by atoms with E-state index in [0.29, 0.717) is 33.8 Å². The molecule has 3 aromatic heterocycles. The minimum Gasteiger partial charge on any atom is -0.339 e. The second-order valence-corrected chi connectivity index (χ2v) is 10.7. The van der Waals surface area contributed by atoms with Crippen LogP contribution in [-0.4, -0.2) is 37.6 Å². The third-order valence-electron chi connectivity index (χ3n) is 7.12. The van der Waals surface area contributed by atoms with Crippen molar-refractivity contribution in [3.05, 3.63) is 59.0 Å². The van der Waals surface area contributed by atoms with Gasteiger partial charge in [-0.25, -0.2) is 4.98 Å². The van der Waals surface area contributed by atoms with Gasteiger partial charge in [-0.05, 0) is 88.5 Å². The number of aryl methyl sites for hydroxylation is 1. The number of nitrogens with zero attached hydrogens (tertiary/aromatic N) is 4. The molecule has 0 spiro atoms. The van der Waals surface area contributed by atoms with Crippen molar-refractivity contribution in [2.45, 2.75) is 58.5 Å². The Morgan fingerprint density at radius 2 is 1.81 bits per heavy atom. The highest BCUT2D eigenvalue weighted by Gasteiger charge is 2.48. The maximum atomic E-state index is 15.0. The number of rotatable bonds is 9. The molecule has 37 heavy (non-hydrogen) atoms. The first-order chi connectivity index (χ1) is 17.7. The molecule has 0 saturated heterocycles. The van der Waals surface area contributed by atoms with Crippen molar-refractivity contribution >= 4 is 29.2 Å². The summed E-state index contributed by atoms with van der Waals surface area (Å²) in [6.45, 7) is 5.64. The summed E-state index contributed by atoms with van der Waals surface area (Å²) in [5.74, 6) is -0.594. The van der Waals surface area contributed by atoms with E-state index in [4.69, 9.17) is 11.6 Å². The fraction of sp³-hybridized carbons (Fsp3) is 0.444. The van der Waals surface area contributed by atoms with E-state index in [9.17, 15) is 9.59 Å². The van der Waals surface area contributed by atoms with Gasteiger partial charge < -0.3 is 10.6 Å². The average molecular weight is 525 g/mol. The largest absolute Gasteiger partial charge is 0.339 e. The Morgan fingerprint density at radius 3 is 2.43 bits per heavy atom. The van der Waals surface area contributed by atoms with E-state index < -0.39 is 17.9 Å². The molecule has 5 rings (SSSR count). The predicted molar refractivity (Wildman–Crippen MR) is 139 cm³/mol. The number of hydrogen-bond acceptors (Lipinski definition) is 5. The van der Waals surface area contributed by atoms with Crippen LogP contribution in [0.5, 0.6) is 0 Å². The minimum atomic E-state index is -0.757. The van der Waals surface area contributed by atoms with Gasteiger partial charge in [-0.1, -0.05) is 11.6 Å². The lowest BCUT2D eigenvalue weighted by Crippen LogP contribution is -2.50. The summed E-state index contributed by atoms with van der Waals surface area (Å²) in [5, 5.41) is 10.4. The smallest absolute Gasteiger partial charge is 0.270 e. The highest BCUT2D eigenvalue weighted by molar-refractivity contribution is 6.30. The molecule has 2 aliphatic rings. The summed E-state index contributed by atoms with van der Waals surface area (Å²) in [7, 11) is 0. The zero-order valence-corrected chi connectivity index (χ0v) is 21.8. The molecule has 0 unspecified atom stereocenters. The van der Waals surface area contributed by atoms with Gasteiger partial charge in [0.15, 0.2) is 0 Å². The molecule has 0 aliphatic heterocycles. The molecule has 2 saturated carbocycles. The summed E-state index contributed by atoms with van der Waals surface area (Å²) in [4.78, 5) is 35.0. The summed E-state index contributed by atoms with van der Waals surface area (Å²) < 4.78 is 16.7. The van der Waals surface area contributed by atoms with Crippen molar-refractivity contribution in [2.75, 3.05) is 5.32 Å². The lowest BCUT2D eigenvalue weighted by Gasteiger charge is -2.27. The number of pyridine rings is 2. The molecule has 2 fully saturated rings. The number of carbonyl (C=O) groups excluding carboxylic acids is 2. The molecule has 2 amide bonds. The zero-order valence-electron chi connectivity index (χ0n) is 21.0. The SMILES string of the molecule is Cc1ncc(Cl)cc1-c1ccc(NC(=O)[C@@H](NC(=O)c2ccnn2C(C)C)C(C2CC2)C2CC2)nc1F. The monoisotopic (exact) mass is 524 g/mol. The molecule has 2 N–H and O–H groups in total. The van der Waals surface area contributed by atoms with Crippen LogP contribution >= 0.6 is 11.6 Å². The van der Waals surface area contributed by atoms with Crippen LogP contribution in [-0.2, 0) is 4.79 Å². The Kier molecular flexibility index (Phi) is 6.98. The highest BCUT2D eigenvalue weighted by atomic mass is 35.5. The number of aromatic nitrogens is 4. The van der Waals surface area contributed by atoms with Crippen molar-refractivity contribution in [3.63, 3.8) is 0 Å². The van der Waals surface area contributed by atoms with E-state index in [2.05, 4.69) is 25.7 Å². The number of nitrogens with one attached hydrogen (secondary N) is 2. The molecule has 3 aromatic rings. The van der Waals surface area contributed by atoms with Crippen LogP contribution in [0.4, 0.5) is 10.2 Å². The molecule has 2 aliphatic carbocycles. The van der Waals surface area contributed by atoms with Crippen molar-refractivity contribution < 1.29 is 14.0 Å². The van der Waals surface area contributed by atoms with E-state index in [1.807, 2.05) is 13.8 Å². The number of amides is 2. The van der Waals surface area contributed by atoms with E-state index in [1.54, 1.807) is 42.1 Å². The van der Waals surface area contributed by atoms with Gasteiger partial charge in [0, 0.05) is 35.3 Å². The van der Waals surface area contributed by atoms with Crippen LogP contribution in [0, 0.1) is 30.6 Å². The van der Waals surface area contributed by atoms with Crippen molar-refractivity contribution in [1.82, 2.24) is 25.1 Å². The molecule has 3 heterocycles. The van der Waals surface area contributed by atoms with Crippen molar-refractivity contribution in [2.24, 2.45) is 17.8 Å². The zero-order chi connectivity index (χ0) is 26.3. The molecule has 0 aromatic carbocycles. The van der Waals surface area contributed by atoms with Crippen LogP contribution in [0.3, 0.4) is 0 Å². The second kappa shape index (κ2) is 10.2. The van der Waals surface area contributed by atoms with E-state index in [0.717, 1.165) is 25.7 Å². The van der Waals surface area contributed by atoms with Crippen LogP contribution in [0.15, 0.2) is 36.7 Å². The van der Waals surface area contributed by atoms with Crippen molar-refractivity contribution in [3.8, 4) is 11.1 Å². The molecule has 10 heteroatoms. The Bertz CT molecular complexity index is 1320. The molecular weight excluding hydrogens is 495 g/mol. The molecule has 194 valence electrons. The molecular formula is C27H30ClFN6O2. The first-order valence-corrected chi connectivity index (χ1v) is 13.0. The van der Waals surface area contributed by atoms with E-state index >= 15 is 4.39 Å². The topological polar surface area (TPSA) is 102 Å². The number of anilines is 1. The van der Waals surface area contributed by atoms with Crippen LogP contribution in [0.1, 0.15) is 61.8 Å². The summed E-state index contributed by atoms with van der Waals surface area (Å²) >= 11 is 6.05. The van der Waals surface area contributed by atoms with E-state index in [-0.39, 0.29) is 29.2 Å². The normalized spacial score (nSPS) is 16.2. The van der Waals surface area contributed by atoms with Gasteiger partial charge in [0.05, 0.1) is 5.02 Å². The van der Waals surface area contributed by atoms with Crippen LogP contribution < -0.4 is 10.6 Å². The predicted octanol–water partition coefficient (Wildman–Crippen LogP) is 5.20. The Labute approximate surface area is 220 Å². The van der Waals surface area contributed by atoms with Gasteiger partial charge in [0.1, 0.15) is 17.6 Å². The van der Waals surface area contributed by atoms with Crippen molar-refractivity contribution in [1.29, 1.82) is 0 Å². The lowest BCUT2D eigenvalue weighted by atomic mass is 9.88. The van der Waals surface area contributed by atoms with Crippen LogP contribution in [0.25, 0.3) is 11.1 Å². The summed E-state index contributed by atoms with van der Waals surface area (Å²) in [6, 6.07) is 5.61. The van der Waals surface area contributed by atoms with Gasteiger partial charge >= 0.3 is 0 Å². The Hall–Kier alpha value is -3.33. The molecule has 1 atom stereocenters. The lowest BCUT2D eigenvalue weighted by molar-refractivity contribution is -0.119. The molecule has 0 bridgehead atoms. The third-order valence-corrected chi connectivity index (χ3v) is 7.33. The Balaban J connectivity index is 1.39. The fourth-order valence-electron chi connectivity index (χ4n) is 5.04. The number of carbonyl (C=O) groups is 2. The van der Waals surface area contributed by atoms with Crippen LogP contribution in [0.2, 0.25) is 5.02 Å². The Morgan fingerprint density at radius 1 is 1.11 bits per heavy atom. The number of halogens is 2. The first-order valence-electron chi connectivity index (χ1n) is 12.7. The summed E-state index contributed by atoms with van der Waals surface area (Å²) in [6.07, 6.45) is 7.24. The molecule has 8 nitrogen and oxygen atoms in total. The first kappa shape index (κ1) is 25.3. The van der Waals surface area contributed by atoms with Gasteiger partial charge in [0.25, 0.3) is 5.91 Å². The van der Waals surface area contributed by atoms with Gasteiger partial charge in [0.2, 0.25) is 11.9 Å². The quantitative estimate of drug-likeness (QED) is 0.375. The van der Waals surface area contributed by atoms with Gasteiger partial charge in [-0.15, -0.1) is 0 Å². The maximum absolute atomic E-state index is 15.0. The third kappa shape index (κ3) is 5.51. The van der Waals surface area contributed by atoms with Gasteiger partial charge in [-0.2, -0.15) is 9.49 Å². The highest BCUT2D eigenvalue weighted by Crippen LogP contribution is 2.51. The summed E-state index contributed by atoms with van der Waals surface area (Å²) in [5.41, 5.74) is 1.79.